The van der Waals surface area contributed by atoms with Crippen LogP contribution in [0.25, 0.3) is 10.2 Å². The molecular formula is C12H15N3O2S. The molecule has 1 atom stereocenters. The van der Waals surface area contributed by atoms with Crippen LogP contribution < -0.4 is 5.73 Å². The first-order valence-electron chi connectivity index (χ1n) is 5.57. The fourth-order valence-electron chi connectivity index (χ4n) is 1.76. The van der Waals surface area contributed by atoms with Crippen LogP contribution in [0.2, 0.25) is 0 Å². The Bertz CT molecular complexity index is 580. The van der Waals surface area contributed by atoms with Crippen LogP contribution in [-0.2, 0) is 0 Å². The Hall–Kier alpha value is -1.66. The van der Waals surface area contributed by atoms with Gasteiger partial charge in [0.2, 0.25) is 0 Å². The molecule has 2 heterocycles. The number of rotatable bonds is 3. The molecule has 5 nitrogen and oxygen atoms in total. The maximum absolute atomic E-state index is 12.2. The van der Waals surface area contributed by atoms with Gasteiger partial charge in [0.05, 0.1) is 11.8 Å². The SMILES string of the molecule is CC(O)CN(C)C(=O)c1sc2ncccc2c1N. The first-order valence-corrected chi connectivity index (χ1v) is 6.39. The van der Waals surface area contributed by atoms with Crippen molar-refractivity contribution in [3.05, 3.63) is 23.2 Å². The largest absolute Gasteiger partial charge is 0.397 e. The lowest BCUT2D eigenvalue weighted by Gasteiger charge is -2.18. The van der Waals surface area contributed by atoms with Crippen molar-refractivity contribution in [3.63, 3.8) is 0 Å². The number of likely N-dealkylation sites (N-methyl/N-ethyl adjacent to an activating group) is 1. The van der Waals surface area contributed by atoms with Crippen LogP contribution in [0.15, 0.2) is 18.3 Å². The Kier molecular flexibility index (Phi) is 3.49. The van der Waals surface area contributed by atoms with Gasteiger partial charge in [0.15, 0.2) is 0 Å². The molecule has 0 saturated heterocycles. The number of aliphatic hydroxyl groups is 1. The van der Waals surface area contributed by atoms with E-state index in [1.165, 1.54) is 16.2 Å². The van der Waals surface area contributed by atoms with Crippen molar-refractivity contribution in [2.24, 2.45) is 0 Å². The molecule has 0 aliphatic rings. The molecule has 2 rings (SSSR count). The third-order valence-electron chi connectivity index (χ3n) is 2.58. The van der Waals surface area contributed by atoms with E-state index in [4.69, 9.17) is 5.73 Å². The highest BCUT2D eigenvalue weighted by Crippen LogP contribution is 2.32. The molecule has 96 valence electrons. The number of thiophene rings is 1. The highest BCUT2D eigenvalue weighted by Gasteiger charge is 2.20. The summed E-state index contributed by atoms with van der Waals surface area (Å²) in [6.45, 7) is 1.92. The van der Waals surface area contributed by atoms with Gasteiger partial charge in [-0.25, -0.2) is 4.98 Å². The van der Waals surface area contributed by atoms with Crippen LogP contribution in [0.3, 0.4) is 0 Å². The van der Waals surface area contributed by atoms with E-state index in [9.17, 15) is 9.90 Å². The zero-order chi connectivity index (χ0) is 13.3. The van der Waals surface area contributed by atoms with E-state index in [0.717, 1.165) is 10.2 Å². The molecule has 3 N–H and O–H groups in total. The number of hydrogen-bond acceptors (Lipinski definition) is 5. The molecule has 0 radical (unpaired) electrons. The summed E-state index contributed by atoms with van der Waals surface area (Å²) >= 11 is 1.28. The maximum atomic E-state index is 12.2. The summed E-state index contributed by atoms with van der Waals surface area (Å²) in [5.41, 5.74) is 6.43. The molecule has 18 heavy (non-hydrogen) atoms. The van der Waals surface area contributed by atoms with Gasteiger partial charge < -0.3 is 15.7 Å². The quantitative estimate of drug-likeness (QED) is 0.877. The third-order valence-corrected chi connectivity index (χ3v) is 3.70. The summed E-state index contributed by atoms with van der Waals surface area (Å²) in [7, 11) is 1.65. The molecule has 0 bridgehead atoms. The van der Waals surface area contributed by atoms with Gasteiger partial charge in [0.1, 0.15) is 9.71 Å². The molecule has 2 aromatic heterocycles. The first kappa shape index (κ1) is 12.8. The minimum absolute atomic E-state index is 0.184. The number of aromatic nitrogens is 1. The molecule has 1 unspecified atom stereocenters. The highest BCUT2D eigenvalue weighted by molar-refractivity contribution is 7.21. The molecule has 1 amide bonds. The zero-order valence-electron chi connectivity index (χ0n) is 10.3. The van der Waals surface area contributed by atoms with E-state index >= 15 is 0 Å². The van der Waals surface area contributed by atoms with E-state index in [0.29, 0.717) is 10.6 Å². The van der Waals surface area contributed by atoms with Gasteiger partial charge in [-0.05, 0) is 19.1 Å². The van der Waals surface area contributed by atoms with Gasteiger partial charge in [-0.3, -0.25) is 4.79 Å². The van der Waals surface area contributed by atoms with Crippen LogP contribution in [-0.4, -0.2) is 40.6 Å². The second-order valence-electron chi connectivity index (χ2n) is 4.24. The maximum Gasteiger partial charge on any atom is 0.265 e. The van der Waals surface area contributed by atoms with E-state index in [-0.39, 0.29) is 12.5 Å². The lowest BCUT2D eigenvalue weighted by molar-refractivity contribution is 0.0709. The van der Waals surface area contributed by atoms with Gasteiger partial charge in [-0.1, -0.05) is 0 Å². The van der Waals surface area contributed by atoms with Crippen molar-refractivity contribution < 1.29 is 9.90 Å². The number of pyridine rings is 1. The van der Waals surface area contributed by atoms with Crippen molar-refractivity contribution in [2.75, 3.05) is 19.3 Å². The number of aliphatic hydroxyl groups excluding tert-OH is 1. The normalized spacial score (nSPS) is 12.6. The van der Waals surface area contributed by atoms with E-state index in [1.807, 2.05) is 6.07 Å². The smallest absolute Gasteiger partial charge is 0.265 e. The Morgan fingerprint density at radius 1 is 1.67 bits per heavy atom. The molecule has 0 aromatic carbocycles. The molecule has 2 aromatic rings. The topological polar surface area (TPSA) is 79.5 Å². The van der Waals surface area contributed by atoms with Crippen molar-refractivity contribution in [1.82, 2.24) is 9.88 Å². The van der Waals surface area contributed by atoms with E-state index in [2.05, 4.69) is 4.98 Å². The molecule has 6 heteroatoms. The Labute approximate surface area is 109 Å². The summed E-state index contributed by atoms with van der Waals surface area (Å²) < 4.78 is 0. The Morgan fingerprint density at radius 2 is 2.39 bits per heavy atom. The van der Waals surface area contributed by atoms with Gasteiger partial charge in [0.25, 0.3) is 5.91 Å². The number of fused-ring (bicyclic) bond motifs is 1. The van der Waals surface area contributed by atoms with E-state index in [1.54, 1.807) is 26.2 Å². The number of carbonyl (C=O) groups is 1. The number of nitrogens with zero attached hydrogens (tertiary/aromatic N) is 2. The zero-order valence-corrected chi connectivity index (χ0v) is 11.1. The molecule has 0 saturated carbocycles. The molecule has 0 aliphatic carbocycles. The standard InChI is InChI=1S/C12H15N3O2S/c1-7(16)6-15(2)12(17)10-9(13)8-4-3-5-14-11(8)18-10/h3-5,7,16H,6,13H2,1-2H3. The summed E-state index contributed by atoms with van der Waals surface area (Å²) in [6.07, 6.45) is 1.11. The summed E-state index contributed by atoms with van der Waals surface area (Å²) in [6, 6.07) is 3.64. The Morgan fingerprint density at radius 3 is 3.00 bits per heavy atom. The number of amides is 1. The summed E-state index contributed by atoms with van der Waals surface area (Å²) in [5.74, 6) is -0.184. The Balaban J connectivity index is 2.36. The monoisotopic (exact) mass is 265 g/mol. The number of nitrogen functional groups attached to an aromatic ring is 1. The molecule has 0 fully saturated rings. The molecule has 0 spiro atoms. The highest BCUT2D eigenvalue weighted by atomic mass is 32.1. The van der Waals surface area contributed by atoms with E-state index < -0.39 is 6.10 Å². The van der Waals surface area contributed by atoms with Crippen LogP contribution >= 0.6 is 11.3 Å². The van der Waals surface area contributed by atoms with Gasteiger partial charge in [0, 0.05) is 25.2 Å². The van der Waals surface area contributed by atoms with Crippen molar-refractivity contribution in [2.45, 2.75) is 13.0 Å². The predicted molar refractivity (Wildman–Crippen MR) is 72.7 cm³/mol. The minimum Gasteiger partial charge on any atom is -0.397 e. The summed E-state index contributed by atoms with van der Waals surface area (Å²) in [4.78, 5) is 19.1. The van der Waals surface area contributed by atoms with Gasteiger partial charge >= 0.3 is 0 Å². The first-order chi connectivity index (χ1) is 8.50. The lowest BCUT2D eigenvalue weighted by Crippen LogP contribution is -2.32. The van der Waals surface area contributed by atoms with Crippen molar-refractivity contribution in [3.8, 4) is 0 Å². The van der Waals surface area contributed by atoms with Crippen LogP contribution in [0.5, 0.6) is 0 Å². The molecule has 0 aliphatic heterocycles. The average molecular weight is 265 g/mol. The second-order valence-corrected chi connectivity index (χ2v) is 5.23. The number of nitrogens with two attached hydrogens (primary N) is 1. The minimum atomic E-state index is -0.562. The predicted octanol–water partition coefficient (Wildman–Crippen LogP) is 1.33. The number of carbonyl (C=O) groups excluding carboxylic acids is 1. The van der Waals surface area contributed by atoms with Crippen molar-refractivity contribution in [1.29, 1.82) is 0 Å². The summed E-state index contributed by atoms with van der Waals surface area (Å²) in [5, 5.41) is 10.1. The van der Waals surface area contributed by atoms with Crippen LogP contribution in [0, 0.1) is 0 Å². The lowest BCUT2D eigenvalue weighted by atomic mass is 10.2. The fraction of sp³-hybridized carbons (Fsp3) is 0.333. The number of anilines is 1. The van der Waals surface area contributed by atoms with Gasteiger partial charge in [-0.15, -0.1) is 11.3 Å². The van der Waals surface area contributed by atoms with Crippen LogP contribution in [0.1, 0.15) is 16.6 Å². The molecular weight excluding hydrogens is 250 g/mol. The second kappa shape index (κ2) is 4.91. The number of hydrogen-bond donors (Lipinski definition) is 2. The average Bonchev–Trinajstić information content (AvgIpc) is 2.66. The van der Waals surface area contributed by atoms with Gasteiger partial charge in [-0.2, -0.15) is 0 Å². The van der Waals surface area contributed by atoms with Crippen molar-refractivity contribution >= 4 is 33.1 Å². The third kappa shape index (κ3) is 2.30. The fourth-order valence-corrected chi connectivity index (χ4v) is 2.82. The van der Waals surface area contributed by atoms with Crippen LogP contribution in [0.4, 0.5) is 5.69 Å².